The predicted molar refractivity (Wildman–Crippen MR) is 74.4 cm³/mol. The molecule has 0 aliphatic carbocycles. The van der Waals surface area contributed by atoms with Gasteiger partial charge in [0, 0.05) is 32.9 Å². The molecule has 1 aliphatic heterocycles. The number of nitrogens with two attached hydrogens (primary N) is 1. The van der Waals surface area contributed by atoms with Crippen molar-refractivity contribution in [1.29, 1.82) is 0 Å². The number of likely N-dealkylation sites (N-methyl/N-ethyl adjacent to an activating group) is 1. The van der Waals surface area contributed by atoms with Gasteiger partial charge < -0.3 is 10.6 Å². The van der Waals surface area contributed by atoms with Crippen LogP contribution < -0.4 is 5.73 Å². The molecule has 1 amide bonds. The number of carbonyl (C=O) groups excluding carboxylic acids is 1. The number of hydrogen-bond acceptors (Lipinski definition) is 4. The van der Waals surface area contributed by atoms with Crippen LogP contribution in [0, 0.1) is 0 Å². The van der Waals surface area contributed by atoms with Crippen molar-refractivity contribution in [2.75, 3.05) is 26.7 Å². The summed E-state index contributed by atoms with van der Waals surface area (Å²) < 4.78 is 0. The topological polar surface area (TPSA) is 62.5 Å². The first-order valence-corrected chi connectivity index (χ1v) is 6.81. The molecule has 5 heteroatoms. The average molecular weight is 262 g/mol. The maximum atomic E-state index is 12.3. The third-order valence-electron chi connectivity index (χ3n) is 3.57. The van der Waals surface area contributed by atoms with Crippen LogP contribution in [0.4, 0.5) is 0 Å². The Bertz CT molecular complexity index is 409. The summed E-state index contributed by atoms with van der Waals surface area (Å²) >= 11 is 0. The second kappa shape index (κ2) is 6.63. The highest BCUT2D eigenvalue weighted by Crippen LogP contribution is 2.15. The molecule has 2 N–H and O–H groups in total. The van der Waals surface area contributed by atoms with E-state index in [2.05, 4.69) is 9.88 Å². The molecule has 19 heavy (non-hydrogen) atoms. The molecule has 0 radical (unpaired) electrons. The highest BCUT2D eigenvalue weighted by Gasteiger charge is 2.30. The Morgan fingerprint density at radius 1 is 1.42 bits per heavy atom. The Hall–Kier alpha value is -1.46. The van der Waals surface area contributed by atoms with Crippen LogP contribution in [0.25, 0.3) is 0 Å². The molecule has 0 aromatic carbocycles. The Morgan fingerprint density at radius 2 is 2.26 bits per heavy atom. The summed E-state index contributed by atoms with van der Waals surface area (Å²) in [6, 6.07) is 5.77. The molecular formula is C14H22N4O. The lowest BCUT2D eigenvalue weighted by molar-refractivity contribution is -0.134. The summed E-state index contributed by atoms with van der Waals surface area (Å²) in [5.74, 6) is 0.180. The van der Waals surface area contributed by atoms with E-state index < -0.39 is 0 Å². The van der Waals surface area contributed by atoms with Gasteiger partial charge in [-0.3, -0.25) is 14.7 Å². The molecule has 1 unspecified atom stereocenters. The van der Waals surface area contributed by atoms with Gasteiger partial charge in [-0.05, 0) is 31.5 Å². The summed E-state index contributed by atoms with van der Waals surface area (Å²) in [4.78, 5) is 20.7. The van der Waals surface area contributed by atoms with Crippen LogP contribution in [-0.4, -0.2) is 53.4 Å². The van der Waals surface area contributed by atoms with Crippen molar-refractivity contribution in [2.24, 2.45) is 5.73 Å². The largest absolute Gasteiger partial charge is 0.344 e. The van der Waals surface area contributed by atoms with Gasteiger partial charge in [0.05, 0.1) is 11.7 Å². The van der Waals surface area contributed by atoms with E-state index in [0.29, 0.717) is 19.5 Å². The lowest BCUT2D eigenvalue weighted by atomic mass is 10.1. The zero-order chi connectivity index (χ0) is 13.7. The predicted octanol–water partition coefficient (Wildman–Crippen LogP) is 0.463. The summed E-state index contributed by atoms with van der Waals surface area (Å²) in [5.41, 5.74) is 6.66. The first kappa shape index (κ1) is 14.0. The molecule has 104 valence electrons. The fourth-order valence-electron chi connectivity index (χ4n) is 2.54. The summed E-state index contributed by atoms with van der Waals surface area (Å²) in [5, 5.41) is 0. The van der Waals surface area contributed by atoms with E-state index in [9.17, 15) is 4.79 Å². The minimum absolute atomic E-state index is 0.112. The number of carbonyl (C=O) groups is 1. The van der Waals surface area contributed by atoms with Crippen LogP contribution in [0.1, 0.15) is 18.5 Å². The summed E-state index contributed by atoms with van der Waals surface area (Å²) in [6.07, 6.45) is 3.49. The maximum absolute atomic E-state index is 12.3. The van der Waals surface area contributed by atoms with Gasteiger partial charge in [-0.25, -0.2) is 0 Å². The number of amides is 1. The smallest absolute Gasteiger partial charge is 0.239 e. The molecule has 1 aromatic heterocycles. The molecule has 0 spiro atoms. The Balaban J connectivity index is 2.13. The van der Waals surface area contributed by atoms with Crippen molar-refractivity contribution in [3.05, 3.63) is 30.1 Å². The van der Waals surface area contributed by atoms with Gasteiger partial charge in [0.1, 0.15) is 0 Å². The zero-order valence-corrected chi connectivity index (χ0v) is 11.5. The van der Waals surface area contributed by atoms with Crippen molar-refractivity contribution in [3.8, 4) is 0 Å². The first-order valence-electron chi connectivity index (χ1n) is 6.81. The SMILES string of the molecule is CN1CCCN(Cc2ccccn2)C(CCN)C1=O. The number of hydrogen-bond donors (Lipinski definition) is 1. The zero-order valence-electron chi connectivity index (χ0n) is 11.5. The number of aromatic nitrogens is 1. The fourth-order valence-corrected chi connectivity index (χ4v) is 2.54. The van der Waals surface area contributed by atoms with Crippen molar-refractivity contribution in [1.82, 2.24) is 14.8 Å². The van der Waals surface area contributed by atoms with E-state index in [4.69, 9.17) is 5.73 Å². The molecule has 2 rings (SSSR count). The molecule has 1 fully saturated rings. The number of nitrogens with zero attached hydrogens (tertiary/aromatic N) is 3. The van der Waals surface area contributed by atoms with Gasteiger partial charge in [0.25, 0.3) is 0 Å². The average Bonchev–Trinajstić information content (AvgIpc) is 2.55. The van der Waals surface area contributed by atoms with E-state index in [1.807, 2.05) is 30.1 Å². The lowest BCUT2D eigenvalue weighted by Gasteiger charge is -2.29. The number of pyridine rings is 1. The second-order valence-electron chi connectivity index (χ2n) is 5.00. The van der Waals surface area contributed by atoms with Gasteiger partial charge in [-0.1, -0.05) is 6.07 Å². The molecule has 1 aliphatic rings. The minimum Gasteiger partial charge on any atom is -0.344 e. The minimum atomic E-state index is -0.112. The second-order valence-corrected chi connectivity index (χ2v) is 5.00. The Morgan fingerprint density at radius 3 is 2.95 bits per heavy atom. The number of rotatable bonds is 4. The first-order chi connectivity index (χ1) is 9.22. The van der Waals surface area contributed by atoms with Crippen LogP contribution in [0.15, 0.2) is 24.4 Å². The van der Waals surface area contributed by atoms with E-state index in [1.165, 1.54) is 0 Å². The van der Waals surface area contributed by atoms with Crippen LogP contribution in [0.2, 0.25) is 0 Å². The van der Waals surface area contributed by atoms with E-state index >= 15 is 0 Å². The van der Waals surface area contributed by atoms with Crippen LogP contribution in [-0.2, 0) is 11.3 Å². The molecule has 5 nitrogen and oxygen atoms in total. The van der Waals surface area contributed by atoms with E-state index in [-0.39, 0.29) is 11.9 Å². The summed E-state index contributed by atoms with van der Waals surface area (Å²) in [7, 11) is 1.87. The van der Waals surface area contributed by atoms with Crippen molar-refractivity contribution in [2.45, 2.75) is 25.4 Å². The van der Waals surface area contributed by atoms with Gasteiger partial charge in [-0.15, -0.1) is 0 Å². The molecule has 2 heterocycles. The van der Waals surface area contributed by atoms with E-state index in [1.54, 1.807) is 6.20 Å². The van der Waals surface area contributed by atoms with Gasteiger partial charge >= 0.3 is 0 Å². The molecule has 1 aromatic rings. The monoisotopic (exact) mass is 262 g/mol. The standard InChI is InChI=1S/C14H22N4O/c1-17-9-4-10-18(13(6-7-15)14(17)19)11-12-5-2-3-8-16-12/h2-3,5,8,13H,4,6-7,9-11,15H2,1H3. The molecule has 1 atom stereocenters. The Labute approximate surface area is 114 Å². The maximum Gasteiger partial charge on any atom is 0.239 e. The third kappa shape index (κ3) is 3.52. The van der Waals surface area contributed by atoms with Crippen LogP contribution >= 0.6 is 0 Å². The highest BCUT2D eigenvalue weighted by atomic mass is 16.2. The molecule has 1 saturated heterocycles. The molecular weight excluding hydrogens is 240 g/mol. The van der Waals surface area contributed by atoms with Crippen molar-refractivity contribution < 1.29 is 4.79 Å². The quantitative estimate of drug-likeness (QED) is 0.856. The fraction of sp³-hybridized carbons (Fsp3) is 0.571. The van der Waals surface area contributed by atoms with Gasteiger partial charge in [0.15, 0.2) is 0 Å². The van der Waals surface area contributed by atoms with E-state index in [0.717, 1.165) is 25.2 Å². The highest BCUT2D eigenvalue weighted by molar-refractivity contribution is 5.81. The molecule has 0 saturated carbocycles. The van der Waals surface area contributed by atoms with Crippen LogP contribution in [0.3, 0.4) is 0 Å². The van der Waals surface area contributed by atoms with Crippen molar-refractivity contribution >= 4 is 5.91 Å². The third-order valence-corrected chi connectivity index (χ3v) is 3.57. The van der Waals surface area contributed by atoms with Crippen molar-refractivity contribution in [3.63, 3.8) is 0 Å². The van der Waals surface area contributed by atoms with Crippen LogP contribution in [0.5, 0.6) is 0 Å². The summed E-state index contributed by atoms with van der Waals surface area (Å²) in [6.45, 7) is 2.98. The normalized spacial score (nSPS) is 21.5. The Kier molecular flexibility index (Phi) is 4.87. The lowest BCUT2D eigenvalue weighted by Crippen LogP contribution is -2.45. The van der Waals surface area contributed by atoms with Gasteiger partial charge in [0.2, 0.25) is 5.91 Å². The molecule has 0 bridgehead atoms. The van der Waals surface area contributed by atoms with Gasteiger partial charge in [-0.2, -0.15) is 0 Å².